The van der Waals surface area contributed by atoms with Crippen molar-refractivity contribution in [1.29, 1.82) is 0 Å². The molecular formula is C84H133O3PS. The molecule has 5 heteroatoms. The maximum absolute atomic E-state index is 16.6. The predicted octanol–water partition coefficient (Wildman–Crippen LogP) is 25.6. The van der Waals surface area contributed by atoms with Crippen molar-refractivity contribution in [2.75, 3.05) is 0 Å². The fourth-order valence-electron chi connectivity index (χ4n) is 14.5. The van der Waals surface area contributed by atoms with Gasteiger partial charge < -0.3 is 0 Å². The molecule has 0 saturated heterocycles. The predicted molar refractivity (Wildman–Crippen MR) is 396 cm³/mol. The van der Waals surface area contributed by atoms with E-state index in [0.717, 1.165) is 71.7 Å². The van der Waals surface area contributed by atoms with Gasteiger partial charge in [-0.1, -0.05) is 213 Å². The summed E-state index contributed by atoms with van der Waals surface area (Å²) in [5.41, 5.74) is 3.71. The molecule has 498 valence electrons. The first-order valence-electron chi connectivity index (χ1n) is 38.3. The van der Waals surface area contributed by atoms with Crippen LogP contribution in [0.15, 0.2) is 138 Å². The third-order valence-electron chi connectivity index (χ3n) is 19.9. The van der Waals surface area contributed by atoms with E-state index in [9.17, 15) is 0 Å². The van der Waals surface area contributed by atoms with Gasteiger partial charge in [0.1, 0.15) is 0 Å². The average Bonchev–Trinajstić information content (AvgIpc) is 0.681. The molecule has 3 nitrogen and oxygen atoms in total. The van der Waals surface area contributed by atoms with Crippen molar-refractivity contribution < 1.29 is 12.4 Å². The summed E-state index contributed by atoms with van der Waals surface area (Å²) in [6.07, 6.45) is 66.9. The van der Waals surface area contributed by atoms with Gasteiger partial charge in [-0.2, -0.15) is 0 Å². The summed E-state index contributed by atoms with van der Waals surface area (Å²) in [5, 5.41) is 3.49. The number of unbranched alkanes of at least 4 members (excludes halogenated alkanes) is 45. The standard InChI is InChI=1S/C84H133O3PS/c1-4-7-10-13-16-19-22-25-28-31-34-37-40-43-46-53-64-77-75-76-84(89(85,86)87-88(78-65-54-49-55-66-78,79-67-56-50-57-68-79,80-69-58-51-59-70-80)81-71-60-52-61-72-81)83(74-63-48-45-42-39-36-33-30-27-24-21-18-15-12-9-6-3)82(77)73-62-47-44-41-38-35-32-29-26-23-20-17-14-11-8-5-2/h49-52,54-61,65-72,75-76H,4-48,53,62-64,73-74H2,1-3H3. The Morgan fingerprint density at radius 1 is 0.247 bits per heavy atom. The molecule has 0 N–H and O–H groups in total. The van der Waals surface area contributed by atoms with Gasteiger partial charge in [0.25, 0.3) is 0 Å². The van der Waals surface area contributed by atoms with Crippen LogP contribution in [0.1, 0.15) is 346 Å². The second-order valence-corrected chi connectivity index (χ2v) is 33.3. The summed E-state index contributed by atoms with van der Waals surface area (Å²) in [5.74, 6) is 0. The Bertz CT molecular complexity index is 2390. The smallest absolute Gasteiger partial charge is 0.0654 e. The van der Waals surface area contributed by atoms with Gasteiger partial charge in [0.2, 0.25) is 0 Å². The van der Waals surface area contributed by atoms with E-state index >= 15 is 8.42 Å². The van der Waals surface area contributed by atoms with E-state index < -0.39 is 16.9 Å². The minimum Gasteiger partial charge on any atom is -0.0654 e. The molecule has 89 heavy (non-hydrogen) atoms. The molecule has 0 spiro atoms. The maximum atomic E-state index is 16.6. The zero-order valence-corrected chi connectivity index (χ0v) is 59.6. The van der Waals surface area contributed by atoms with Crippen LogP contribution >= 0.6 is 6.83 Å². The summed E-state index contributed by atoms with van der Waals surface area (Å²) < 4.78 is 40.9. The molecule has 0 fully saturated rings. The van der Waals surface area contributed by atoms with Crippen LogP contribution in [0.4, 0.5) is 0 Å². The van der Waals surface area contributed by atoms with Crippen LogP contribution in [0, 0.1) is 0 Å². The first-order chi connectivity index (χ1) is 43.9. The van der Waals surface area contributed by atoms with E-state index in [4.69, 9.17) is 3.97 Å². The van der Waals surface area contributed by atoms with Gasteiger partial charge in [0, 0.05) is 0 Å². The molecule has 5 aromatic rings. The van der Waals surface area contributed by atoms with Crippen LogP contribution in [0.2, 0.25) is 0 Å². The van der Waals surface area contributed by atoms with E-state index in [1.807, 2.05) is 78.9 Å². The summed E-state index contributed by atoms with van der Waals surface area (Å²) in [6.45, 7) is 2.36. The number of benzene rings is 5. The Balaban J connectivity index is 1.38. The molecule has 0 atom stereocenters. The first-order valence-corrected chi connectivity index (χ1v) is 41.8. The van der Waals surface area contributed by atoms with Crippen LogP contribution in [-0.2, 0) is 33.4 Å². The number of hydrogen-bond donors (Lipinski definition) is 0. The molecular weight excluding hydrogens is 1120 g/mol. The Morgan fingerprint density at radius 2 is 0.461 bits per heavy atom. The minimum atomic E-state index is -4.56. The van der Waals surface area contributed by atoms with Crippen molar-refractivity contribution in [3.63, 3.8) is 0 Å². The van der Waals surface area contributed by atoms with E-state index in [0.29, 0.717) is 4.90 Å². The van der Waals surface area contributed by atoms with Crippen molar-refractivity contribution in [2.45, 2.75) is 353 Å². The molecule has 0 aliphatic heterocycles. The van der Waals surface area contributed by atoms with Gasteiger partial charge in [0.15, 0.2) is 0 Å². The SMILES string of the molecule is CCCCCCCCCCCCCCCCCCc1ccc(S(=O)(=O)OP(c2ccccc2)(c2ccccc2)(c2ccccc2)c2ccccc2)c(CCCCCCCCCCCCCCCCCC)c1CCCCCCCCCCCCCCCCCC. The summed E-state index contributed by atoms with van der Waals surface area (Å²) >= 11 is 0. The molecule has 0 unspecified atom stereocenters. The Labute approximate surface area is 550 Å². The number of aryl methyl sites for hydroxylation is 1. The van der Waals surface area contributed by atoms with Crippen molar-refractivity contribution in [3.8, 4) is 0 Å². The van der Waals surface area contributed by atoms with Crippen molar-refractivity contribution in [1.82, 2.24) is 0 Å². The van der Waals surface area contributed by atoms with Gasteiger partial charge in [-0.3, -0.25) is 0 Å². The third kappa shape index (κ3) is 27.5. The van der Waals surface area contributed by atoms with Crippen LogP contribution in [0.3, 0.4) is 0 Å². The first kappa shape index (κ1) is 76.2. The number of hydrogen-bond acceptors (Lipinski definition) is 3. The molecule has 5 rings (SSSR count). The molecule has 0 bridgehead atoms. The zero-order valence-electron chi connectivity index (χ0n) is 57.8. The molecule has 0 heterocycles. The van der Waals surface area contributed by atoms with Crippen LogP contribution in [0.25, 0.3) is 0 Å². The Morgan fingerprint density at radius 3 is 0.708 bits per heavy atom. The monoisotopic (exact) mass is 1250 g/mol. The molecule has 0 aliphatic rings. The molecule has 0 saturated carbocycles. The van der Waals surface area contributed by atoms with Gasteiger partial charge in [0.05, 0.1) is 0 Å². The normalized spacial score (nSPS) is 12.4. The van der Waals surface area contributed by atoms with Gasteiger partial charge in [-0.05, 0) is 0 Å². The van der Waals surface area contributed by atoms with Gasteiger partial charge in [-0.15, -0.1) is 0 Å². The Hall–Kier alpha value is -3.56. The summed E-state index contributed by atoms with van der Waals surface area (Å²) in [6, 6.07) is 45.6. The number of rotatable bonds is 58. The molecule has 0 radical (unpaired) electrons. The second-order valence-electron chi connectivity index (χ2n) is 27.2. The van der Waals surface area contributed by atoms with Gasteiger partial charge >= 0.3 is 340 Å². The van der Waals surface area contributed by atoms with Crippen LogP contribution in [0.5, 0.6) is 0 Å². The van der Waals surface area contributed by atoms with Crippen molar-refractivity contribution >= 4 is 38.2 Å². The summed E-state index contributed by atoms with van der Waals surface area (Å²) in [7, 11) is -4.47. The zero-order chi connectivity index (χ0) is 62.9. The van der Waals surface area contributed by atoms with Gasteiger partial charge in [-0.25, -0.2) is 0 Å². The van der Waals surface area contributed by atoms with E-state index in [2.05, 4.69) is 75.4 Å². The van der Waals surface area contributed by atoms with E-state index in [1.165, 1.54) is 294 Å². The second kappa shape index (κ2) is 48.2. The molecule has 0 aromatic heterocycles. The van der Waals surface area contributed by atoms with E-state index in [-0.39, 0.29) is 0 Å². The fraction of sp³-hybridized carbons (Fsp3) is 0.643. The molecule has 0 amide bonds. The van der Waals surface area contributed by atoms with Crippen LogP contribution < -0.4 is 21.2 Å². The minimum absolute atomic E-state index is 0.383. The third-order valence-corrected chi connectivity index (χ3v) is 27.9. The van der Waals surface area contributed by atoms with Crippen molar-refractivity contribution in [2.24, 2.45) is 0 Å². The quantitative estimate of drug-likeness (QED) is 0.0288. The fourth-order valence-corrected chi connectivity index (χ4v) is 23.3. The van der Waals surface area contributed by atoms with E-state index in [1.54, 1.807) is 0 Å². The topological polar surface area (TPSA) is 43.4 Å². The molecule has 0 aliphatic carbocycles. The average molecular weight is 1250 g/mol. The molecule has 5 aromatic carbocycles. The van der Waals surface area contributed by atoms with Crippen molar-refractivity contribution in [3.05, 3.63) is 150 Å². The summed E-state index contributed by atoms with van der Waals surface area (Å²) in [4.78, 5) is 0.383. The van der Waals surface area contributed by atoms with Crippen LogP contribution in [-0.4, -0.2) is 8.42 Å². The Kier molecular flexibility index (Phi) is 41.2.